The third-order valence-electron chi connectivity index (χ3n) is 12.2. The maximum Gasteiger partial charge on any atom is 0.164 e. The molecule has 0 saturated carbocycles. The Bertz CT molecular complexity index is 3650. The maximum absolute atomic E-state index is 6.78. The van der Waals surface area contributed by atoms with Crippen LogP contribution in [0.1, 0.15) is 0 Å². The van der Waals surface area contributed by atoms with E-state index >= 15 is 0 Å². The minimum atomic E-state index is 0.582. The van der Waals surface area contributed by atoms with Crippen molar-refractivity contribution < 1.29 is 4.42 Å². The molecule has 0 unspecified atom stereocenters. The van der Waals surface area contributed by atoms with Crippen molar-refractivity contribution in [3.63, 3.8) is 0 Å². The molecule has 0 radical (unpaired) electrons. The van der Waals surface area contributed by atoms with Crippen LogP contribution in [0.15, 0.2) is 229 Å². The summed E-state index contributed by atoms with van der Waals surface area (Å²) in [5, 5.41) is 6.63. The molecule has 0 aliphatic heterocycles. The number of furan rings is 1. The standard InChI is InChI=1S/C59H37N3O/c1-3-12-38(13-4-1)41-26-31-44(32-27-41)57-60-58(51-20-9-18-48-37-47(34-35-49(48)51)39-14-5-2-6-15-39)62-59(61-57)53-22-11-23-54-55(53)52-21-10-19-50(56(52)63-54)43-29-24-42(25-30-43)46-33-28-40-16-7-8-17-45(40)36-46/h1-37H. The van der Waals surface area contributed by atoms with E-state index < -0.39 is 0 Å². The Balaban J connectivity index is 0.993. The molecule has 294 valence electrons. The first-order valence-corrected chi connectivity index (χ1v) is 21.2. The summed E-state index contributed by atoms with van der Waals surface area (Å²) in [6.45, 7) is 0. The second-order valence-corrected chi connectivity index (χ2v) is 16.0. The highest BCUT2D eigenvalue weighted by Crippen LogP contribution is 2.41. The molecule has 0 fully saturated rings. The van der Waals surface area contributed by atoms with Gasteiger partial charge in [0.2, 0.25) is 0 Å². The number of hydrogen-bond donors (Lipinski definition) is 0. The van der Waals surface area contributed by atoms with Gasteiger partial charge in [0.1, 0.15) is 11.2 Å². The first-order valence-electron chi connectivity index (χ1n) is 21.2. The lowest BCUT2D eigenvalue weighted by molar-refractivity contribution is 0.670. The van der Waals surface area contributed by atoms with Gasteiger partial charge in [0.25, 0.3) is 0 Å². The summed E-state index contributed by atoms with van der Waals surface area (Å²) in [5.74, 6) is 1.79. The van der Waals surface area contributed by atoms with Crippen LogP contribution in [0.25, 0.3) is 122 Å². The predicted octanol–water partition coefficient (Wildman–Crippen LogP) is 15.7. The van der Waals surface area contributed by atoms with E-state index in [4.69, 9.17) is 19.4 Å². The van der Waals surface area contributed by atoms with E-state index in [1.54, 1.807) is 0 Å². The van der Waals surface area contributed by atoms with Gasteiger partial charge in [-0.05, 0) is 78.7 Å². The van der Waals surface area contributed by atoms with E-state index in [-0.39, 0.29) is 0 Å². The molecule has 12 aromatic rings. The number of nitrogens with zero attached hydrogens (tertiary/aromatic N) is 3. The molecular weight excluding hydrogens is 767 g/mol. The van der Waals surface area contributed by atoms with Crippen LogP contribution in [-0.4, -0.2) is 15.0 Å². The van der Waals surface area contributed by atoms with E-state index in [0.717, 1.165) is 77.2 Å². The van der Waals surface area contributed by atoms with Gasteiger partial charge in [-0.3, -0.25) is 0 Å². The SMILES string of the molecule is c1ccc(-c2ccc(-c3nc(-c4cccc5cc(-c6ccccc6)ccc45)nc(-c4cccc5oc6c(-c7ccc(-c8ccc9ccccc9c8)cc7)cccc6c45)n3)cc2)cc1. The number of rotatable bonds is 7. The minimum Gasteiger partial charge on any atom is -0.455 e. The molecule has 0 atom stereocenters. The average Bonchev–Trinajstić information content (AvgIpc) is 3.76. The zero-order chi connectivity index (χ0) is 41.7. The molecule has 0 saturated heterocycles. The highest BCUT2D eigenvalue weighted by atomic mass is 16.3. The van der Waals surface area contributed by atoms with E-state index in [1.165, 1.54) is 27.5 Å². The van der Waals surface area contributed by atoms with Crippen molar-refractivity contribution in [1.29, 1.82) is 0 Å². The fourth-order valence-electron chi connectivity index (χ4n) is 8.95. The molecule has 10 aromatic carbocycles. The van der Waals surface area contributed by atoms with Crippen LogP contribution in [0.2, 0.25) is 0 Å². The van der Waals surface area contributed by atoms with Crippen LogP contribution < -0.4 is 0 Å². The molecule has 4 heteroatoms. The summed E-state index contributed by atoms with van der Waals surface area (Å²) in [5.41, 5.74) is 13.4. The molecule has 0 aliphatic rings. The van der Waals surface area contributed by atoms with Crippen LogP contribution in [0.4, 0.5) is 0 Å². The van der Waals surface area contributed by atoms with Crippen molar-refractivity contribution in [3.05, 3.63) is 224 Å². The van der Waals surface area contributed by atoms with Crippen molar-refractivity contribution in [3.8, 4) is 78.7 Å². The van der Waals surface area contributed by atoms with Gasteiger partial charge in [0.05, 0.1) is 0 Å². The second kappa shape index (κ2) is 15.2. The summed E-state index contributed by atoms with van der Waals surface area (Å²) in [4.78, 5) is 15.8. The van der Waals surface area contributed by atoms with E-state index in [2.05, 4.69) is 200 Å². The quantitative estimate of drug-likeness (QED) is 0.161. The normalized spacial score (nSPS) is 11.5. The Labute approximate surface area is 364 Å². The van der Waals surface area contributed by atoms with Crippen molar-refractivity contribution in [1.82, 2.24) is 15.0 Å². The Hall–Kier alpha value is -8.47. The van der Waals surface area contributed by atoms with Crippen LogP contribution in [-0.2, 0) is 0 Å². The summed E-state index contributed by atoms with van der Waals surface area (Å²) in [6, 6.07) is 78.8. The number of aromatic nitrogens is 3. The Morgan fingerprint density at radius 2 is 0.762 bits per heavy atom. The molecule has 0 amide bonds. The lowest BCUT2D eigenvalue weighted by Gasteiger charge is -2.12. The Morgan fingerprint density at radius 1 is 0.270 bits per heavy atom. The molecule has 0 aliphatic carbocycles. The Kier molecular flexibility index (Phi) is 8.79. The summed E-state index contributed by atoms with van der Waals surface area (Å²) >= 11 is 0. The highest BCUT2D eigenvalue weighted by Gasteiger charge is 2.20. The Morgan fingerprint density at radius 3 is 1.52 bits per heavy atom. The molecule has 12 rings (SSSR count). The monoisotopic (exact) mass is 803 g/mol. The lowest BCUT2D eigenvalue weighted by atomic mass is 9.97. The van der Waals surface area contributed by atoms with Gasteiger partial charge in [0, 0.05) is 33.0 Å². The molecule has 2 heterocycles. The smallest absolute Gasteiger partial charge is 0.164 e. The fraction of sp³-hybridized carbons (Fsp3) is 0. The predicted molar refractivity (Wildman–Crippen MR) is 260 cm³/mol. The van der Waals surface area contributed by atoms with Gasteiger partial charge in [-0.25, -0.2) is 15.0 Å². The minimum absolute atomic E-state index is 0.582. The van der Waals surface area contributed by atoms with Crippen LogP contribution in [0.3, 0.4) is 0 Å². The molecule has 0 bridgehead atoms. The zero-order valence-corrected chi connectivity index (χ0v) is 34.1. The van der Waals surface area contributed by atoms with Crippen LogP contribution in [0, 0.1) is 0 Å². The van der Waals surface area contributed by atoms with Gasteiger partial charge in [0.15, 0.2) is 17.5 Å². The number of para-hydroxylation sites is 1. The summed E-state index contributed by atoms with van der Waals surface area (Å²) in [6.07, 6.45) is 0. The number of fused-ring (bicyclic) bond motifs is 5. The third-order valence-corrected chi connectivity index (χ3v) is 12.2. The highest BCUT2D eigenvalue weighted by molar-refractivity contribution is 6.15. The summed E-state index contributed by atoms with van der Waals surface area (Å²) in [7, 11) is 0. The first-order chi connectivity index (χ1) is 31.2. The molecular formula is C59H37N3O. The number of hydrogen-bond acceptors (Lipinski definition) is 4. The average molecular weight is 804 g/mol. The van der Waals surface area contributed by atoms with Gasteiger partial charge in [-0.2, -0.15) is 0 Å². The second-order valence-electron chi connectivity index (χ2n) is 16.0. The van der Waals surface area contributed by atoms with Crippen molar-refractivity contribution in [2.24, 2.45) is 0 Å². The van der Waals surface area contributed by atoms with Gasteiger partial charge in [-0.1, -0.05) is 206 Å². The topological polar surface area (TPSA) is 51.8 Å². The molecule has 63 heavy (non-hydrogen) atoms. The third kappa shape index (κ3) is 6.62. The molecule has 0 N–H and O–H groups in total. The first kappa shape index (κ1) is 36.4. The molecule has 0 spiro atoms. The van der Waals surface area contributed by atoms with Crippen molar-refractivity contribution >= 4 is 43.5 Å². The zero-order valence-electron chi connectivity index (χ0n) is 34.1. The molecule has 2 aromatic heterocycles. The largest absolute Gasteiger partial charge is 0.455 e. The fourth-order valence-corrected chi connectivity index (χ4v) is 8.95. The van der Waals surface area contributed by atoms with Gasteiger partial charge in [-0.15, -0.1) is 0 Å². The van der Waals surface area contributed by atoms with Gasteiger partial charge >= 0.3 is 0 Å². The van der Waals surface area contributed by atoms with Crippen molar-refractivity contribution in [2.75, 3.05) is 0 Å². The van der Waals surface area contributed by atoms with Crippen LogP contribution >= 0.6 is 0 Å². The number of benzene rings is 10. The maximum atomic E-state index is 6.78. The van der Waals surface area contributed by atoms with E-state index in [9.17, 15) is 0 Å². The van der Waals surface area contributed by atoms with E-state index in [0.29, 0.717) is 17.5 Å². The van der Waals surface area contributed by atoms with Crippen molar-refractivity contribution in [2.45, 2.75) is 0 Å². The lowest BCUT2D eigenvalue weighted by Crippen LogP contribution is -2.01. The summed E-state index contributed by atoms with van der Waals surface area (Å²) < 4.78 is 6.78. The van der Waals surface area contributed by atoms with Crippen LogP contribution in [0.5, 0.6) is 0 Å². The van der Waals surface area contributed by atoms with E-state index in [1.807, 2.05) is 24.3 Å². The molecule has 4 nitrogen and oxygen atoms in total. The van der Waals surface area contributed by atoms with Gasteiger partial charge < -0.3 is 4.42 Å².